The third kappa shape index (κ3) is 3.81. The van der Waals surface area contributed by atoms with Crippen molar-refractivity contribution in [3.05, 3.63) is 41.8 Å². The Labute approximate surface area is 119 Å². The van der Waals surface area contributed by atoms with Crippen LogP contribution in [0.25, 0.3) is 11.5 Å². The van der Waals surface area contributed by atoms with Gasteiger partial charge in [0.05, 0.1) is 11.8 Å². The maximum Gasteiger partial charge on any atom is 0.226 e. The van der Waals surface area contributed by atoms with E-state index < -0.39 is 11.6 Å². The molecule has 1 heterocycles. The summed E-state index contributed by atoms with van der Waals surface area (Å²) in [6.45, 7) is 0. The fourth-order valence-corrected chi connectivity index (χ4v) is 2.40. The van der Waals surface area contributed by atoms with E-state index in [1.54, 1.807) is 11.8 Å². The normalized spacial score (nSPS) is 10.4. The van der Waals surface area contributed by atoms with Gasteiger partial charge < -0.3 is 4.42 Å². The zero-order valence-corrected chi connectivity index (χ0v) is 11.4. The smallest absolute Gasteiger partial charge is 0.226 e. The molecule has 0 fully saturated rings. The van der Waals surface area contributed by atoms with Gasteiger partial charge in [0, 0.05) is 17.7 Å². The number of thioether (sulfide) groups is 1. The molecule has 0 aliphatic carbocycles. The Morgan fingerprint density at radius 3 is 2.90 bits per heavy atom. The van der Waals surface area contributed by atoms with Crippen molar-refractivity contribution >= 4 is 11.8 Å². The highest BCUT2D eigenvalue weighted by Crippen LogP contribution is 2.22. The van der Waals surface area contributed by atoms with E-state index in [2.05, 4.69) is 11.1 Å². The number of nitriles is 1. The van der Waals surface area contributed by atoms with Gasteiger partial charge in [-0.15, -0.1) is 0 Å². The predicted octanol–water partition coefficient (Wildman–Crippen LogP) is 4.16. The van der Waals surface area contributed by atoms with Crippen molar-refractivity contribution in [2.24, 2.45) is 0 Å². The first-order chi connectivity index (χ1) is 9.70. The molecular weight excluding hydrogens is 282 g/mol. The van der Waals surface area contributed by atoms with Crippen LogP contribution in [-0.4, -0.2) is 10.7 Å². The molecule has 2 rings (SSSR count). The lowest BCUT2D eigenvalue weighted by Gasteiger charge is -1.97. The summed E-state index contributed by atoms with van der Waals surface area (Å²) >= 11 is 1.65. The standard InChI is InChI=1S/C14H12F2N2OS/c15-12-4-3-10(7-13(12)16)14-18-11(8-19-14)9-20-6-2-1-5-17/h3-4,7-8H,1-2,6,9H2. The molecule has 0 bridgehead atoms. The van der Waals surface area contributed by atoms with Crippen molar-refractivity contribution < 1.29 is 13.2 Å². The van der Waals surface area contributed by atoms with Gasteiger partial charge in [-0.25, -0.2) is 13.8 Å². The van der Waals surface area contributed by atoms with E-state index >= 15 is 0 Å². The molecule has 0 atom stereocenters. The van der Waals surface area contributed by atoms with Crippen LogP contribution in [0.1, 0.15) is 18.5 Å². The van der Waals surface area contributed by atoms with Crippen LogP contribution in [0.15, 0.2) is 28.9 Å². The van der Waals surface area contributed by atoms with Gasteiger partial charge in [0.2, 0.25) is 5.89 Å². The lowest BCUT2D eigenvalue weighted by molar-refractivity contribution is 0.507. The summed E-state index contributed by atoms with van der Waals surface area (Å²) in [6.07, 6.45) is 2.90. The topological polar surface area (TPSA) is 49.8 Å². The lowest BCUT2D eigenvalue weighted by atomic mass is 10.2. The Bertz CT molecular complexity index is 622. The molecule has 0 saturated heterocycles. The number of rotatable bonds is 6. The van der Waals surface area contributed by atoms with Crippen LogP contribution in [0.5, 0.6) is 0 Å². The summed E-state index contributed by atoms with van der Waals surface area (Å²) in [7, 11) is 0. The van der Waals surface area contributed by atoms with E-state index in [-0.39, 0.29) is 5.89 Å². The first-order valence-corrected chi connectivity index (χ1v) is 7.20. The zero-order chi connectivity index (χ0) is 14.4. The third-order valence-corrected chi connectivity index (χ3v) is 3.62. The van der Waals surface area contributed by atoms with Gasteiger partial charge in [0.25, 0.3) is 0 Å². The number of benzene rings is 1. The summed E-state index contributed by atoms with van der Waals surface area (Å²) in [5, 5.41) is 8.41. The maximum atomic E-state index is 13.1. The van der Waals surface area contributed by atoms with Crippen molar-refractivity contribution in [3.63, 3.8) is 0 Å². The van der Waals surface area contributed by atoms with Gasteiger partial charge in [-0.2, -0.15) is 17.0 Å². The first kappa shape index (κ1) is 14.5. The molecule has 0 N–H and O–H groups in total. The average molecular weight is 294 g/mol. The van der Waals surface area contributed by atoms with Gasteiger partial charge in [0.1, 0.15) is 6.26 Å². The minimum Gasteiger partial charge on any atom is -0.444 e. The largest absolute Gasteiger partial charge is 0.444 e. The minimum absolute atomic E-state index is 0.275. The van der Waals surface area contributed by atoms with Crippen LogP contribution in [0, 0.1) is 23.0 Å². The van der Waals surface area contributed by atoms with Crippen LogP contribution in [0.3, 0.4) is 0 Å². The zero-order valence-electron chi connectivity index (χ0n) is 10.6. The van der Waals surface area contributed by atoms with Crippen molar-refractivity contribution in [2.75, 3.05) is 5.75 Å². The van der Waals surface area contributed by atoms with E-state index in [0.29, 0.717) is 17.7 Å². The Hall–Kier alpha value is -1.87. The number of halogens is 2. The number of nitrogens with zero attached hydrogens (tertiary/aromatic N) is 2. The highest BCUT2D eigenvalue weighted by Gasteiger charge is 2.10. The monoisotopic (exact) mass is 294 g/mol. The maximum absolute atomic E-state index is 13.1. The van der Waals surface area contributed by atoms with Gasteiger partial charge in [0.15, 0.2) is 11.6 Å². The van der Waals surface area contributed by atoms with Gasteiger partial charge in [-0.3, -0.25) is 0 Å². The molecule has 1 aromatic heterocycles. The molecule has 104 valence electrons. The first-order valence-electron chi connectivity index (χ1n) is 6.05. The van der Waals surface area contributed by atoms with Crippen LogP contribution < -0.4 is 0 Å². The Balaban J connectivity index is 1.95. The van der Waals surface area contributed by atoms with Gasteiger partial charge in [-0.05, 0) is 30.4 Å². The van der Waals surface area contributed by atoms with E-state index in [1.807, 2.05) is 0 Å². The Morgan fingerprint density at radius 1 is 1.30 bits per heavy atom. The molecule has 0 saturated carbocycles. The molecule has 0 aliphatic heterocycles. The second kappa shape index (κ2) is 7.06. The van der Waals surface area contributed by atoms with E-state index in [9.17, 15) is 8.78 Å². The van der Waals surface area contributed by atoms with Crippen LogP contribution in [0.4, 0.5) is 8.78 Å². The number of oxazole rings is 1. The van der Waals surface area contributed by atoms with E-state index in [1.165, 1.54) is 12.3 Å². The second-order valence-electron chi connectivity index (χ2n) is 4.09. The molecule has 6 heteroatoms. The number of aromatic nitrogens is 1. The van der Waals surface area contributed by atoms with E-state index in [4.69, 9.17) is 9.68 Å². The van der Waals surface area contributed by atoms with Crippen LogP contribution in [0.2, 0.25) is 0 Å². The minimum atomic E-state index is -0.923. The average Bonchev–Trinajstić information content (AvgIpc) is 2.90. The number of unbranched alkanes of at least 4 members (excludes halogenated alkanes) is 1. The van der Waals surface area contributed by atoms with Crippen molar-refractivity contribution in [1.29, 1.82) is 5.26 Å². The van der Waals surface area contributed by atoms with Gasteiger partial charge in [-0.1, -0.05) is 0 Å². The summed E-state index contributed by atoms with van der Waals surface area (Å²) in [6, 6.07) is 5.62. The molecule has 3 nitrogen and oxygen atoms in total. The molecule has 1 aromatic carbocycles. The lowest BCUT2D eigenvalue weighted by Crippen LogP contribution is -1.87. The van der Waals surface area contributed by atoms with Crippen molar-refractivity contribution in [3.8, 4) is 17.5 Å². The molecule has 0 spiro atoms. The fraction of sp³-hybridized carbons (Fsp3) is 0.286. The quantitative estimate of drug-likeness (QED) is 0.751. The molecule has 0 amide bonds. The van der Waals surface area contributed by atoms with Gasteiger partial charge >= 0.3 is 0 Å². The van der Waals surface area contributed by atoms with Crippen molar-refractivity contribution in [1.82, 2.24) is 4.98 Å². The molecule has 0 unspecified atom stereocenters. The predicted molar refractivity (Wildman–Crippen MR) is 72.9 cm³/mol. The fourth-order valence-electron chi connectivity index (χ4n) is 1.57. The summed E-state index contributed by atoms with van der Waals surface area (Å²) in [5.41, 5.74) is 1.15. The van der Waals surface area contributed by atoms with Crippen LogP contribution >= 0.6 is 11.8 Å². The molecule has 20 heavy (non-hydrogen) atoms. The summed E-state index contributed by atoms with van der Waals surface area (Å²) in [4.78, 5) is 4.23. The molecule has 2 aromatic rings. The number of hydrogen-bond acceptors (Lipinski definition) is 4. The third-order valence-electron chi connectivity index (χ3n) is 2.55. The summed E-state index contributed by atoms with van der Waals surface area (Å²) in [5.74, 6) is -0.00210. The van der Waals surface area contributed by atoms with E-state index in [0.717, 1.165) is 30.0 Å². The SMILES string of the molecule is N#CCCCSCc1coc(-c2ccc(F)c(F)c2)n1. The highest BCUT2D eigenvalue weighted by atomic mass is 32.2. The molecule has 0 aliphatic rings. The summed E-state index contributed by atoms with van der Waals surface area (Å²) < 4.78 is 31.2. The molecule has 0 radical (unpaired) electrons. The molecular formula is C14H12F2N2OS. The highest BCUT2D eigenvalue weighted by molar-refractivity contribution is 7.98. The Morgan fingerprint density at radius 2 is 2.15 bits per heavy atom. The second-order valence-corrected chi connectivity index (χ2v) is 5.19. The number of hydrogen-bond donors (Lipinski definition) is 0. The van der Waals surface area contributed by atoms with Crippen molar-refractivity contribution in [2.45, 2.75) is 18.6 Å². The Kier molecular flexibility index (Phi) is 5.13. The van der Waals surface area contributed by atoms with Crippen LogP contribution in [-0.2, 0) is 5.75 Å².